The van der Waals surface area contributed by atoms with Gasteiger partial charge in [0.25, 0.3) is 0 Å². The van der Waals surface area contributed by atoms with Crippen molar-refractivity contribution in [1.29, 1.82) is 0 Å². The molecule has 2 aromatic rings. The zero-order chi connectivity index (χ0) is 15.0. The Morgan fingerprint density at radius 3 is 2.90 bits per heavy atom. The summed E-state index contributed by atoms with van der Waals surface area (Å²) in [4.78, 5) is 15.9. The Hall–Kier alpha value is -1.30. The first-order valence-corrected chi connectivity index (χ1v) is 7.33. The molecule has 0 spiro atoms. The highest BCUT2D eigenvalue weighted by atomic mass is 35.5. The van der Waals surface area contributed by atoms with Crippen molar-refractivity contribution in [3.8, 4) is 11.4 Å². The van der Waals surface area contributed by atoms with Gasteiger partial charge in [-0.2, -0.15) is 4.98 Å². The number of hydrogen-bond acceptors (Lipinski definition) is 4. The molecule has 0 bridgehead atoms. The van der Waals surface area contributed by atoms with E-state index >= 15 is 0 Å². The fourth-order valence-electron chi connectivity index (χ4n) is 1.86. The minimum atomic E-state index is -0.940. The van der Waals surface area contributed by atoms with E-state index in [1.807, 2.05) is 6.07 Å². The smallest absolute Gasteiger partial charge is 0.246 e. The van der Waals surface area contributed by atoms with Crippen molar-refractivity contribution in [1.82, 2.24) is 15.5 Å². The van der Waals surface area contributed by atoms with Gasteiger partial charge in [0, 0.05) is 10.6 Å². The summed E-state index contributed by atoms with van der Waals surface area (Å²) in [6.07, 6.45) is 0.458. The van der Waals surface area contributed by atoms with Crippen LogP contribution in [-0.4, -0.2) is 20.4 Å². The van der Waals surface area contributed by atoms with E-state index in [1.165, 1.54) is 0 Å². The molecule has 1 aromatic carbocycles. The second kappa shape index (κ2) is 5.48. The highest BCUT2D eigenvalue weighted by Crippen LogP contribution is 2.53. The van der Waals surface area contributed by atoms with Crippen LogP contribution in [0.5, 0.6) is 0 Å². The van der Waals surface area contributed by atoms with Crippen LogP contribution in [0, 0.1) is 5.92 Å². The van der Waals surface area contributed by atoms with E-state index in [0.717, 1.165) is 5.56 Å². The molecule has 1 aliphatic carbocycles. The molecule has 0 radical (unpaired) electrons. The molecule has 0 aliphatic heterocycles. The summed E-state index contributed by atoms with van der Waals surface area (Å²) in [5, 5.41) is 7.09. The largest absolute Gasteiger partial charge is 0.347 e. The van der Waals surface area contributed by atoms with Crippen LogP contribution in [0.1, 0.15) is 12.3 Å². The molecule has 1 fully saturated rings. The van der Waals surface area contributed by atoms with Gasteiger partial charge in [-0.25, -0.2) is 0 Å². The first-order valence-electron chi connectivity index (χ1n) is 6.20. The van der Waals surface area contributed by atoms with Gasteiger partial charge in [0.05, 0.1) is 12.5 Å². The molecule has 1 aliphatic rings. The molecule has 1 amide bonds. The molecule has 1 heterocycles. The summed E-state index contributed by atoms with van der Waals surface area (Å²) in [5.74, 6) is 0.115. The summed E-state index contributed by atoms with van der Waals surface area (Å²) in [7, 11) is 0. The maximum absolute atomic E-state index is 11.7. The Labute approximate surface area is 135 Å². The van der Waals surface area contributed by atoms with Crippen LogP contribution in [0.2, 0.25) is 5.02 Å². The molecule has 1 aromatic heterocycles. The first-order chi connectivity index (χ1) is 9.95. The lowest BCUT2D eigenvalue weighted by molar-refractivity contribution is -0.122. The van der Waals surface area contributed by atoms with Crippen molar-refractivity contribution in [2.75, 3.05) is 0 Å². The van der Waals surface area contributed by atoms with Gasteiger partial charge < -0.3 is 9.84 Å². The van der Waals surface area contributed by atoms with Crippen LogP contribution >= 0.6 is 34.8 Å². The van der Waals surface area contributed by atoms with E-state index in [1.54, 1.807) is 18.2 Å². The molecule has 1 unspecified atom stereocenters. The SMILES string of the molecule is O=C(NCc1nc(-c2cccc(Cl)c2)no1)C1CC1(Cl)Cl. The molecule has 0 saturated heterocycles. The Morgan fingerprint density at radius 1 is 1.48 bits per heavy atom. The lowest BCUT2D eigenvalue weighted by Crippen LogP contribution is -2.26. The quantitative estimate of drug-likeness (QED) is 0.863. The van der Waals surface area contributed by atoms with Gasteiger partial charge in [-0.3, -0.25) is 4.79 Å². The van der Waals surface area contributed by atoms with Crippen molar-refractivity contribution in [2.24, 2.45) is 5.92 Å². The topological polar surface area (TPSA) is 68.0 Å². The fourth-order valence-corrected chi connectivity index (χ4v) is 2.55. The van der Waals surface area contributed by atoms with Crippen LogP contribution in [0.25, 0.3) is 11.4 Å². The van der Waals surface area contributed by atoms with Crippen molar-refractivity contribution >= 4 is 40.7 Å². The number of alkyl halides is 2. The summed E-state index contributed by atoms with van der Waals surface area (Å²) >= 11 is 17.6. The molecule has 8 heteroatoms. The van der Waals surface area contributed by atoms with E-state index in [0.29, 0.717) is 23.2 Å². The first kappa shape index (κ1) is 14.6. The van der Waals surface area contributed by atoms with Crippen molar-refractivity contribution in [2.45, 2.75) is 17.3 Å². The molecule has 1 N–H and O–H groups in total. The number of benzene rings is 1. The maximum atomic E-state index is 11.7. The van der Waals surface area contributed by atoms with Gasteiger partial charge >= 0.3 is 0 Å². The van der Waals surface area contributed by atoms with Gasteiger partial charge in [0.15, 0.2) is 0 Å². The number of carbonyl (C=O) groups excluding carboxylic acids is 1. The molecule has 3 rings (SSSR count). The van der Waals surface area contributed by atoms with E-state index in [-0.39, 0.29) is 18.4 Å². The number of nitrogens with zero attached hydrogens (tertiary/aromatic N) is 2. The molecular weight excluding hydrogens is 337 g/mol. The van der Waals surface area contributed by atoms with Crippen LogP contribution in [0.4, 0.5) is 0 Å². The van der Waals surface area contributed by atoms with Gasteiger partial charge in [-0.1, -0.05) is 28.9 Å². The van der Waals surface area contributed by atoms with Crippen LogP contribution in [0.3, 0.4) is 0 Å². The number of carbonyl (C=O) groups is 1. The number of amides is 1. The monoisotopic (exact) mass is 345 g/mol. The van der Waals surface area contributed by atoms with Crippen molar-refractivity contribution in [3.63, 3.8) is 0 Å². The average molecular weight is 347 g/mol. The number of rotatable bonds is 4. The van der Waals surface area contributed by atoms with E-state index in [2.05, 4.69) is 15.5 Å². The summed E-state index contributed by atoms with van der Waals surface area (Å²) < 4.78 is 4.14. The van der Waals surface area contributed by atoms with Crippen LogP contribution < -0.4 is 5.32 Å². The standard InChI is InChI=1S/C13H10Cl3N3O2/c14-8-3-1-2-7(4-8)11-18-10(21-19-11)6-17-12(20)9-5-13(9,15)16/h1-4,9H,5-6H2,(H,17,20). The van der Waals surface area contributed by atoms with Gasteiger partial charge in [0.1, 0.15) is 4.33 Å². The molecule has 1 saturated carbocycles. The van der Waals surface area contributed by atoms with Crippen molar-refractivity contribution in [3.05, 3.63) is 35.2 Å². The van der Waals surface area contributed by atoms with Crippen LogP contribution in [-0.2, 0) is 11.3 Å². The molecule has 1 atom stereocenters. The lowest BCUT2D eigenvalue weighted by atomic mass is 10.2. The Morgan fingerprint density at radius 2 is 2.24 bits per heavy atom. The minimum Gasteiger partial charge on any atom is -0.347 e. The Kier molecular flexibility index (Phi) is 3.82. The van der Waals surface area contributed by atoms with Gasteiger partial charge in [-0.15, -0.1) is 23.2 Å². The average Bonchev–Trinajstić information content (AvgIpc) is 2.88. The summed E-state index contributed by atoms with van der Waals surface area (Å²) in [6, 6.07) is 7.10. The highest BCUT2D eigenvalue weighted by Gasteiger charge is 2.56. The van der Waals surface area contributed by atoms with Crippen molar-refractivity contribution < 1.29 is 9.32 Å². The second-order valence-electron chi connectivity index (χ2n) is 4.76. The third-order valence-corrected chi connectivity index (χ3v) is 4.18. The predicted molar refractivity (Wildman–Crippen MR) is 79.1 cm³/mol. The zero-order valence-electron chi connectivity index (χ0n) is 10.6. The summed E-state index contributed by atoms with van der Waals surface area (Å²) in [6.45, 7) is 0.132. The number of halogens is 3. The highest BCUT2D eigenvalue weighted by molar-refractivity contribution is 6.52. The Bertz CT molecular complexity index is 687. The molecule has 110 valence electrons. The molecule has 21 heavy (non-hydrogen) atoms. The number of aromatic nitrogens is 2. The van der Waals surface area contributed by atoms with Crippen LogP contribution in [0.15, 0.2) is 28.8 Å². The number of nitrogens with one attached hydrogen (secondary N) is 1. The summed E-state index contributed by atoms with van der Waals surface area (Å²) in [5.41, 5.74) is 0.742. The van der Waals surface area contributed by atoms with Gasteiger partial charge in [-0.05, 0) is 18.6 Å². The third kappa shape index (κ3) is 3.31. The number of hydrogen-bond donors (Lipinski definition) is 1. The van der Waals surface area contributed by atoms with E-state index < -0.39 is 4.33 Å². The second-order valence-corrected chi connectivity index (χ2v) is 6.74. The molecular formula is C13H10Cl3N3O2. The lowest BCUT2D eigenvalue weighted by Gasteiger charge is -2.01. The predicted octanol–water partition coefficient (Wildman–Crippen LogP) is 3.20. The minimum absolute atomic E-state index is 0.132. The third-order valence-electron chi connectivity index (χ3n) is 3.11. The zero-order valence-corrected chi connectivity index (χ0v) is 12.9. The Balaban J connectivity index is 1.62. The van der Waals surface area contributed by atoms with E-state index in [4.69, 9.17) is 39.3 Å². The van der Waals surface area contributed by atoms with E-state index in [9.17, 15) is 4.79 Å². The normalized spacial score (nSPS) is 19.3. The van der Waals surface area contributed by atoms with Gasteiger partial charge in [0.2, 0.25) is 17.6 Å². The molecule has 5 nitrogen and oxygen atoms in total. The fraction of sp³-hybridized carbons (Fsp3) is 0.308. The maximum Gasteiger partial charge on any atom is 0.246 e.